The van der Waals surface area contributed by atoms with Gasteiger partial charge in [-0.15, -0.1) is 5.10 Å². The topological polar surface area (TPSA) is 102 Å². The molecule has 1 unspecified atom stereocenters. The second kappa shape index (κ2) is 4.55. The molecule has 2 aromatic heterocycles. The summed E-state index contributed by atoms with van der Waals surface area (Å²) in [5, 5.41) is 12.4. The van der Waals surface area contributed by atoms with E-state index in [0.29, 0.717) is 18.5 Å². The summed E-state index contributed by atoms with van der Waals surface area (Å²) in [5.41, 5.74) is 0.448. The smallest absolute Gasteiger partial charge is 0.335 e. The van der Waals surface area contributed by atoms with E-state index in [1.165, 1.54) is 22.8 Å². The standard InChI is InChI=1S/C12H13N3O4S/c16-12(17)8-4-5-15-10(7-8)13-11(14-15)9-3-1-2-6-20(9,18)19/h4-5,7,9H,1-3,6H2,(H,16,17). The highest BCUT2D eigenvalue weighted by Crippen LogP contribution is 2.31. The van der Waals surface area contributed by atoms with Gasteiger partial charge in [0.05, 0.1) is 11.3 Å². The van der Waals surface area contributed by atoms with Crippen molar-refractivity contribution in [3.05, 3.63) is 29.7 Å². The van der Waals surface area contributed by atoms with Crippen molar-refractivity contribution in [2.24, 2.45) is 0 Å². The van der Waals surface area contributed by atoms with Crippen molar-refractivity contribution in [2.45, 2.75) is 24.5 Å². The van der Waals surface area contributed by atoms with Crippen LogP contribution in [0.5, 0.6) is 0 Å². The number of carboxylic acids is 1. The number of sulfone groups is 1. The van der Waals surface area contributed by atoms with E-state index in [2.05, 4.69) is 10.1 Å². The van der Waals surface area contributed by atoms with E-state index in [4.69, 9.17) is 5.11 Å². The second-order valence-electron chi connectivity index (χ2n) is 4.84. The maximum absolute atomic E-state index is 12.1. The number of aromatic nitrogens is 3. The van der Waals surface area contributed by atoms with Crippen molar-refractivity contribution in [3.63, 3.8) is 0 Å². The molecule has 0 aromatic carbocycles. The molecule has 1 aliphatic rings. The minimum Gasteiger partial charge on any atom is -0.478 e. The lowest BCUT2D eigenvalue weighted by Gasteiger charge is -2.19. The van der Waals surface area contributed by atoms with Crippen molar-refractivity contribution in [2.75, 3.05) is 5.75 Å². The quantitative estimate of drug-likeness (QED) is 0.889. The highest BCUT2D eigenvalue weighted by Gasteiger charge is 2.33. The third-order valence-electron chi connectivity index (χ3n) is 3.47. The van der Waals surface area contributed by atoms with Crippen LogP contribution in [0.3, 0.4) is 0 Å². The maximum Gasteiger partial charge on any atom is 0.335 e. The van der Waals surface area contributed by atoms with Crippen LogP contribution >= 0.6 is 0 Å². The predicted molar refractivity (Wildman–Crippen MR) is 70.3 cm³/mol. The van der Waals surface area contributed by atoms with E-state index in [1.54, 1.807) is 0 Å². The number of nitrogens with zero attached hydrogens (tertiary/aromatic N) is 3. The molecule has 8 heteroatoms. The number of fused-ring (bicyclic) bond motifs is 1. The number of hydrogen-bond donors (Lipinski definition) is 1. The summed E-state index contributed by atoms with van der Waals surface area (Å²) in [5.74, 6) is -0.636. The molecule has 1 aliphatic heterocycles. The van der Waals surface area contributed by atoms with Gasteiger partial charge in [-0.05, 0) is 25.0 Å². The molecular formula is C12H13N3O4S. The Morgan fingerprint density at radius 2 is 2.20 bits per heavy atom. The zero-order valence-corrected chi connectivity index (χ0v) is 11.4. The summed E-state index contributed by atoms with van der Waals surface area (Å²) in [7, 11) is -3.21. The Kier molecular flexibility index (Phi) is 2.97. The van der Waals surface area contributed by atoms with Crippen LogP contribution in [0.4, 0.5) is 0 Å². The Morgan fingerprint density at radius 1 is 1.40 bits per heavy atom. The van der Waals surface area contributed by atoms with Crippen molar-refractivity contribution >= 4 is 21.5 Å². The molecule has 106 valence electrons. The number of carbonyl (C=O) groups is 1. The van der Waals surface area contributed by atoms with E-state index in [0.717, 1.165) is 6.42 Å². The summed E-state index contributed by atoms with van der Waals surface area (Å²) in [6, 6.07) is 2.79. The molecule has 1 fully saturated rings. The van der Waals surface area contributed by atoms with E-state index in [9.17, 15) is 13.2 Å². The van der Waals surface area contributed by atoms with Crippen molar-refractivity contribution in [1.82, 2.24) is 14.6 Å². The number of hydrogen-bond acceptors (Lipinski definition) is 5. The first-order chi connectivity index (χ1) is 9.47. The fourth-order valence-corrected chi connectivity index (χ4v) is 4.25. The van der Waals surface area contributed by atoms with Gasteiger partial charge >= 0.3 is 5.97 Å². The second-order valence-corrected chi connectivity index (χ2v) is 7.15. The first-order valence-corrected chi connectivity index (χ1v) is 8.00. The summed E-state index contributed by atoms with van der Waals surface area (Å²) >= 11 is 0. The minimum atomic E-state index is -3.21. The summed E-state index contributed by atoms with van der Waals surface area (Å²) in [6.45, 7) is 0. The lowest BCUT2D eigenvalue weighted by Crippen LogP contribution is -2.22. The predicted octanol–water partition coefficient (Wildman–Crippen LogP) is 1.07. The number of aromatic carboxylic acids is 1. The van der Waals surface area contributed by atoms with E-state index in [-0.39, 0.29) is 17.1 Å². The normalized spacial score (nSPS) is 21.9. The van der Waals surface area contributed by atoms with Gasteiger partial charge in [0.2, 0.25) is 0 Å². The molecule has 1 N–H and O–H groups in total. The van der Waals surface area contributed by atoms with Crippen LogP contribution in [0.2, 0.25) is 0 Å². The van der Waals surface area contributed by atoms with E-state index < -0.39 is 21.1 Å². The summed E-state index contributed by atoms with van der Waals surface area (Å²) in [4.78, 5) is 15.1. The van der Waals surface area contributed by atoms with Gasteiger partial charge in [0.25, 0.3) is 0 Å². The van der Waals surface area contributed by atoms with Crippen LogP contribution in [0.25, 0.3) is 5.65 Å². The largest absolute Gasteiger partial charge is 0.478 e. The molecular weight excluding hydrogens is 282 g/mol. The van der Waals surface area contributed by atoms with Gasteiger partial charge in [0.1, 0.15) is 5.25 Å². The molecule has 0 amide bonds. The molecule has 0 aliphatic carbocycles. The fraction of sp³-hybridized carbons (Fsp3) is 0.417. The number of carboxylic acid groups (broad SMARTS) is 1. The average molecular weight is 295 g/mol. The van der Waals surface area contributed by atoms with Crippen LogP contribution < -0.4 is 0 Å². The molecule has 3 heterocycles. The van der Waals surface area contributed by atoms with Gasteiger partial charge in [-0.2, -0.15) is 0 Å². The van der Waals surface area contributed by atoms with Gasteiger partial charge in [0.15, 0.2) is 21.3 Å². The molecule has 0 saturated carbocycles. The van der Waals surface area contributed by atoms with Crippen LogP contribution in [-0.2, 0) is 9.84 Å². The Morgan fingerprint density at radius 3 is 2.90 bits per heavy atom. The van der Waals surface area contributed by atoms with Gasteiger partial charge in [-0.25, -0.2) is 22.7 Å². The van der Waals surface area contributed by atoms with Crippen LogP contribution in [-0.4, -0.2) is 39.8 Å². The fourth-order valence-electron chi connectivity index (χ4n) is 2.41. The molecule has 7 nitrogen and oxygen atoms in total. The number of rotatable bonds is 2. The number of pyridine rings is 1. The first-order valence-electron chi connectivity index (χ1n) is 6.28. The van der Waals surface area contributed by atoms with Crippen LogP contribution in [0.15, 0.2) is 18.3 Å². The Labute approximate surface area is 115 Å². The zero-order chi connectivity index (χ0) is 14.3. The van der Waals surface area contributed by atoms with E-state index in [1.807, 2.05) is 0 Å². The minimum absolute atomic E-state index is 0.1000. The molecule has 1 saturated heterocycles. The van der Waals surface area contributed by atoms with Gasteiger partial charge in [0, 0.05) is 6.20 Å². The average Bonchev–Trinajstić information content (AvgIpc) is 2.80. The molecule has 0 spiro atoms. The lowest BCUT2D eigenvalue weighted by atomic mass is 10.2. The Bertz CT molecular complexity index is 781. The van der Waals surface area contributed by atoms with Gasteiger partial charge in [-0.3, -0.25) is 0 Å². The van der Waals surface area contributed by atoms with Gasteiger partial charge < -0.3 is 5.11 Å². The molecule has 1 atom stereocenters. The van der Waals surface area contributed by atoms with Crippen LogP contribution in [0, 0.1) is 0 Å². The first kappa shape index (κ1) is 13.0. The molecule has 3 rings (SSSR count). The van der Waals surface area contributed by atoms with Crippen molar-refractivity contribution < 1.29 is 18.3 Å². The lowest BCUT2D eigenvalue weighted by molar-refractivity contribution is 0.0697. The SMILES string of the molecule is O=C(O)c1ccn2nc(C3CCCCS3(=O)=O)nc2c1. The van der Waals surface area contributed by atoms with Crippen molar-refractivity contribution in [1.29, 1.82) is 0 Å². The summed E-state index contributed by atoms with van der Waals surface area (Å²) in [6.07, 6.45) is 3.50. The van der Waals surface area contributed by atoms with E-state index >= 15 is 0 Å². The highest BCUT2D eigenvalue weighted by molar-refractivity contribution is 7.91. The molecule has 0 radical (unpaired) electrons. The maximum atomic E-state index is 12.1. The molecule has 2 aromatic rings. The summed E-state index contributed by atoms with van der Waals surface area (Å²) < 4.78 is 25.5. The monoisotopic (exact) mass is 295 g/mol. The zero-order valence-electron chi connectivity index (χ0n) is 10.6. The third kappa shape index (κ3) is 2.15. The van der Waals surface area contributed by atoms with Gasteiger partial charge in [-0.1, -0.05) is 6.42 Å². The molecule has 20 heavy (non-hydrogen) atoms. The van der Waals surface area contributed by atoms with Crippen LogP contribution in [0.1, 0.15) is 40.7 Å². The third-order valence-corrected chi connectivity index (χ3v) is 5.64. The van der Waals surface area contributed by atoms with Crippen molar-refractivity contribution in [3.8, 4) is 0 Å². The Hall–Kier alpha value is -1.96. The Balaban J connectivity index is 2.06. The highest BCUT2D eigenvalue weighted by atomic mass is 32.2. The molecule has 0 bridgehead atoms.